The molecule has 1 atom stereocenters. The van der Waals surface area contributed by atoms with Crippen LogP contribution in [0.4, 0.5) is 0 Å². The normalized spacial score (nSPS) is 12.2. The third-order valence-electron chi connectivity index (χ3n) is 4.72. The van der Waals surface area contributed by atoms with E-state index >= 15 is 0 Å². The number of amides is 1. The second-order valence-corrected chi connectivity index (χ2v) is 6.53. The van der Waals surface area contributed by atoms with Crippen molar-refractivity contribution in [2.75, 3.05) is 0 Å². The van der Waals surface area contributed by atoms with Crippen molar-refractivity contribution < 1.29 is 4.79 Å². The average molecular weight is 357 g/mol. The number of carbonyl (C=O) groups excluding carboxylic acids is 1. The maximum Gasteiger partial charge on any atom is 0.269 e. The fraction of sp³-hybridized carbons (Fsp3) is 0.136. The van der Waals surface area contributed by atoms with Gasteiger partial charge in [-0.15, -0.1) is 0 Å². The molecule has 134 valence electrons. The Hall–Kier alpha value is -3.47. The van der Waals surface area contributed by atoms with Crippen molar-refractivity contribution in [3.05, 3.63) is 88.8 Å². The van der Waals surface area contributed by atoms with Gasteiger partial charge in [-0.05, 0) is 35.4 Å². The summed E-state index contributed by atoms with van der Waals surface area (Å²) in [6.45, 7) is 1.91. The highest BCUT2D eigenvalue weighted by Crippen LogP contribution is 2.24. The SMILES string of the molecule is C[C@H](NC(=O)Cn1c(=O)cnc2ccccc21)c1cccc2ccccc12. The number of carbonyl (C=O) groups is 1. The van der Waals surface area contributed by atoms with Crippen molar-refractivity contribution in [2.45, 2.75) is 19.5 Å². The zero-order chi connectivity index (χ0) is 18.8. The zero-order valence-corrected chi connectivity index (χ0v) is 14.9. The summed E-state index contributed by atoms with van der Waals surface area (Å²) in [4.78, 5) is 29.0. The van der Waals surface area contributed by atoms with Crippen molar-refractivity contribution >= 4 is 27.7 Å². The third kappa shape index (κ3) is 3.31. The van der Waals surface area contributed by atoms with E-state index in [9.17, 15) is 9.59 Å². The lowest BCUT2D eigenvalue weighted by molar-refractivity contribution is -0.122. The summed E-state index contributed by atoms with van der Waals surface area (Å²) in [6, 6.07) is 21.3. The Labute approximate surface area is 156 Å². The molecule has 1 amide bonds. The predicted octanol–water partition coefficient (Wildman–Crippen LogP) is 3.43. The molecule has 5 heteroatoms. The molecule has 4 rings (SSSR count). The summed E-state index contributed by atoms with van der Waals surface area (Å²) in [5.74, 6) is -0.214. The van der Waals surface area contributed by atoms with Crippen molar-refractivity contribution in [3.8, 4) is 0 Å². The Morgan fingerprint density at radius 3 is 2.67 bits per heavy atom. The first-order valence-corrected chi connectivity index (χ1v) is 8.85. The number of hydrogen-bond donors (Lipinski definition) is 1. The second kappa shape index (κ2) is 7.03. The highest BCUT2D eigenvalue weighted by Gasteiger charge is 2.14. The van der Waals surface area contributed by atoms with Crippen LogP contribution in [0.5, 0.6) is 0 Å². The maximum absolute atomic E-state index is 12.6. The van der Waals surface area contributed by atoms with Crippen LogP contribution >= 0.6 is 0 Å². The lowest BCUT2D eigenvalue weighted by Gasteiger charge is -2.17. The highest BCUT2D eigenvalue weighted by molar-refractivity contribution is 5.87. The van der Waals surface area contributed by atoms with Crippen LogP contribution < -0.4 is 10.9 Å². The molecule has 3 aromatic carbocycles. The molecule has 0 saturated carbocycles. The Balaban J connectivity index is 1.60. The smallest absolute Gasteiger partial charge is 0.269 e. The molecule has 0 bridgehead atoms. The summed E-state index contributed by atoms with van der Waals surface area (Å²) >= 11 is 0. The quantitative estimate of drug-likeness (QED) is 0.609. The first-order chi connectivity index (χ1) is 13.1. The fourth-order valence-corrected chi connectivity index (χ4v) is 3.41. The summed E-state index contributed by atoms with van der Waals surface area (Å²) in [5, 5.41) is 5.25. The van der Waals surface area contributed by atoms with Crippen LogP contribution in [0.25, 0.3) is 21.8 Å². The lowest BCUT2D eigenvalue weighted by Crippen LogP contribution is -2.34. The summed E-state index contributed by atoms with van der Waals surface area (Å²) in [5.41, 5.74) is 2.10. The van der Waals surface area contributed by atoms with Gasteiger partial charge in [0, 0.05) is 0 Å². The summed E-state index contributed by atoms with van der Waals surface area (Å²) < 4.78 is 1.45. The predicted molar refractivity (Wildman–Crippen MR) is 107 cm³/mol. The number of benzene rings is 3. The van der Waals surface area contributed by atoms with E-state index < -0.39 is 0 Å². The van der Waals surface area contributed by atoms with Crippen molar-refractivity contribution in [2.24, 2.45) is 0 Å². The van der Waals surface area contributed by atoms with Gasteiger partial charge in [-0.2, -0.15) is 0 Å². The number of hydrogen-bond acceptors (Lipinski definition) is 3. The van der Waals surface area contributed by atoms with Gasteiger partial charge < -0.3 is 5.32 Å². The summed E-state index contributed by atoms with van der Waals surface area (Å²) in [6.07, 6.45) is 1.25. The average Bonchev–Trinajstić information content (AvgIpc) is 2.69. The molecule has 4 aromatic rings. The van der Waals surface area contributed by atoms with Gasteiger partial charge in [0.15, 0.2) is 0 Å². The van der Waals surface area contributed by atoms with Crippen LogP contribution in [-0.2, 0) is 11.3 Å². The molecule has 5 nitrogen and oxygen atoms in total. The maximum atomic E-state index is 12.6. The van der Waals surface area contributed by atoms with E-state index in [0.29, 0.717) is 11.0 Å². The molecule has 0 aliphatic carbocycles. The van der Waals surface area contributed by atoms with E-state index in [-0.39, 0.29) is 24.1 Å². The molecule has 0 aliphatic rings. The molecule has 0 aliphatic heterocycles. The van der Waals surface area contributed by atoms with E-state index in [1.54, 1.807) is 6.07 Å². The first-order valence-electron chi connectivity index (χ1n) is 8.85. The van der Waals surface area contributed by atoms with Crippen molar-refractivity contribution in [1.82, 2.24) is 14.9 Å². The van der Waals surface area contributed by atoms with Gasteiger partial charge >= 0.3 is 0 Å². The van der Waals surface area contributed by atoms with Crippen LogP contribution in [0, 0.1) is 0 Å². The van der Waals surface area contributed by atoms with Gasteiger partial charge in [-0.3, -0.25) is 14.2 Å². The summed E-state index contributed by atoms with van der Waals surface area (Å²) in [7, 11) is 0. The Kier molecular flexibility index (Phi) is 4.42. The van der Waals surface area contributed by atoms with E-state index in [0.717, 1.165) is 16.3 Å². The molecule has 0 unspecified atom stereocenters. The monoisotopic (exact) mass is 357 g/mol. The molecule has 0 radical (unpaired) electrons. The van der Waals surface area contributed by atoms with E-state index in [4.69, 9.17) is 0 Å². The molecule has 1 N–H and O–H groups in total. The van der Waals surface area contributed by atoms with Crippen LogP contribution in [0.1, 0.15) is 18.5 Å². The fourth-order valence-electron chi connectivity index (χ4n) is 3.41. The van der Waals surface area contributed by atoms with Crippen LogP contribution in [0.15, 0.2) is 77.7 Å². The minimum absolute atomic E-state index is 0.0447. The van der Waals surface area contributed by atoms with Crippen LogP contribution in [0.2, 0.25) is 0 Å². The second-order valence-electron chi connectivity index (χ2n) is 6.53. The van der Waals surface area contributed by atoms with Crippen molar-refractivity contribution in [3.63, 3.8) is 0 Å². The molecule has 0 spiro atoms. The van der Waals surface area contributed by atoms with Gasteiger partial charge in [-0.25, -0.2) is 4.98 Å². The molecule has 1 aromatic heterocycles. The third-order valence-corrected chi connectivity index (χ3v) is 4.72. The number of para-hydroxylation sites is 2. The minimum atomic E-state index is -0.290. The Morgan fingerprint density at radius 2 is 1.78 bits per heavy atom. The number of fused-ring (bicyclic) bond motifs is 2. The van der Waals surface area contributed by atoms with Gasteiger partial charge in [0.25, 0.3) is 5.56 Å². The highest BCUT2D eigenvalue weighted by atomic mass is 16.2. The van der Waals surface area contributed by atoms with Gasteiger partial charge in [-0.1, -0.05) is 54.6 Å². The Morgan fingerprint density at radius 1 is 1.04 bits per heavy atom. The number of aromatic nitrogens is 2. The van der Waals surface area contributed by atoms with Crippen LogP contribution in [0.3, 0.4) is 0 Å². The standard InChI is InChI=1S/C22H19N3O2/c1-15(17-10-6-8-16-7-2-3-9-18(16)17)24-21(26)14-25-20-12-5-4-11-19(20)23-13-22(25)27/h2-13,15H,14H2,1H3,(H,24,26)/t15-/m0/s1. The van der Waals surface area contributed by atoms with E-state index in [1.807, 2.05) is 55.5 Å². The first kappa shape index (κ1) is 17.0. The largest absolute Gasteiger partial charge is 0.348 e. The Bertz CT molecular complexity index is 1190. The van der Waals surface area contributed by atoms with Gasteiger partial charge in [0.1, 0.15) is 6.54 Å². The lowest BCUT2D eigenvalue weighted by atomic mass is 10.00. The van der Waals surface area contributed by atoms with Crippen molar-refractivity contribution in [1.29, 1.82) is 0 Å². The topological polar surface area (TPSA) is 64.0 Å². The number of nitrogens with zero attached hydrogens (tertiary/aromatic N) is 2. The van der Waals surface area contributed by atoms with E-state index in [1.165, 1.54) is 10.8 Å². The van der Waals surface area contributed by atoms with Gasteiger partial charge in [0.2, 0.25) is 5.91 Å². The molecule has 27 heavy (non-hydrogen) atoms. The minimum Gasteiger partial charge on any atom is -0.348 e. The number of rotatable bonds is 4. The van der Waals surface area contributed by atoms with E-state index in [2.05, 4.69) is 22.4 Å². The molecular formula is C22H19N3O2. The molecule has 0 saturated heterocycles. The molecule has 1 heterocycles. The van der Waals surface area contributed by atoms with Gasteiger partial charge in [0.05, 0.1) is 23.3 Å². The molecule has 0 fully saturated rings. The number of nitrogens with one attached hydrogen (secondary N) is 1. The van der Waals surface area contributed by atoms with Crippen LogP contribution in [-0.4, -0.2) is 15.5 Å². The zero-order valence-electron chi connectivity index (χ0n) is 14.9. The molecular weight excluding hydrogens is 338 g/mol.